The number of carbonyl (C=O) groups is 8. The predicted octanol–water partition coefficient (Wildman–Crippen LogP) is 2.83. The zero-order valence-corrected chi connectivity index (χ0v) is 33.4. The number of rotatable bonds is 24. The molecular formula is C38H55N5O12S. The van der Waals surface area contributed by atoms with Gasteiger partial charge in [-0.2, -0.15) is 8.42 Å². The third kappa shape index (κ3) is 17.2. The van der Waals surface area contributed by atoms with Crippen LogP contribution < -0.4 is 21.7 Å². The Morgan fingerprint density at radius 1 is 0.875 bits per heavy atom. The molecule has 0 aliphatic carbocycles. The van der Waals surface area contributed by atoms with E-state index < -0.39 is 92.7 Å². The van der Waals surface area contributed by atoms with Crippen LogP contribution in [0, 0.1) is 23.2 Å². The maximum absolute atomic E-state index is 13.7. The fraction of sp³-hybridized carbons (Fsp3) is 0.579. The van der Waals surface area contributed by atoms with Gasteiger partial charge in [0.1, 0.15) is 12.4 Å². The summed E-state index contributed by atoms with van der Waals surface area (Å²) in [7, 11) is -4.72. The average Bonchev–Trinajstić information content (AvgIpc) is 3.41. The maximum Gasteiger partial charge on any atom is 0.312 e. The molecule has 6 N–H and O–H groups in total. The van der Waals surface area contributed by atoms with Gasteiger partial charge in [0, 0.05) is 56.1 Å². The molecule has 0 aromatic heterocycles. The number of primary amides is 1. The van der Waals surface area contributed by atoms with Gasteiger partial charge in [-0.1, -0.05) is 32.4 Å². The van der Waals surface area contributed by atoms with E-state index in [1.54, 1.807) is 58.9 Å². The van der Waals surface area contributed by atoms with Crippen LogP contribution in [-0.2, 0) is 55.0 Å². The normalized spacial score (nSPS) is 14.6. The van der Waals surface area contributed by atoms with E-state index in [2.05, 4.69) is 16.0 Å². The molecule has 18 heteroatoms. The lowest BCUT2D eigenvalue weighted by molar-refractivity contribution is -0.154. The van der Waals surface area contributed by atoms with Crippen molar-refractivity contribution in [2.24, 2.45) is 28.9 Å². The Balaban J connectivity index is 2.09. The highest BCUT2D eigenvalue weighted by Gasteiger charge is 2.34. The molecule has 0 spiro atoms. The maximum atomic E-state index is 13.7. The lowest BCUT2D eigenvalue weighted by atomic mass is 9.89. The van der Waals surface area contributed by atoms with Crippen LogP contribution in [0.15, 0.2) is 36.4 Å². The molecule has 0 saturated carbocycles. The van der Waals surface area contributed by atoms with E-state index in [9.17, 15) is 51.3 Å². The number of anilines is 1. The number of carbonyl (C=O) groups excluding carboxylic acids is 8. The van der Waals surface area contributed by atoms with Crippen LogP contribution in [0.2, 0.25) is 0 Å². The number of ketones is 2. The molecule has 17 nitrogen and oxygen atoms in total. The number of benzene rings is 1. The van der Waals surface area contributed by atoms with Gasteiger partial charge >= 0.3 is 12.0 Å². The Morgan fingerprint density at radius 3 is 2.05 bits per heavy atom. The van der Waals surface area contributed by atoms with Crippen molar-refractivity contribution in [3.8, 4) is 0 Å². The van der Waals surface area contributed by atoms with Crippen LogP contribution in [0.5, 0.6) is 0 Å². The van der Waals surface area contributed by atoms with Gasteiger partial charge in [-0.25, -0.2) is 4.79 Å². The second-order valence-corrected chi connectivity index (χ2v) is 16.7. The van der Waals surface area contributed by atoms with Crippen LogP contribution in [0.3, 0.4) is 0 Å². The molecule has 1 aliphatic heterocycles. The molecule has 56 heavy (non-hydrogen) atoms. The van der Waals surface area contributed by atoms with E-state index in [1.165, 1.54) is 12.2 Å². The lowest BCUT2D eigenvalue weighted by Crippen LogP contribution is -2.49. The van der Waals surface area contributed by atoms with Crippen LogP contribution >= 0.6 is 0 Å². The van der Waals surface area contributed by atoms with E-state index in [0.29, 0.717) is 30.5 Å². The number of hydrogen-bond acceptors (Lipinski definition) is 11. The zero-order valence-electron chi connectivity index (χ0n) is 32.6. The first-order valence-corrected chi connectivity index (χ1v) is 20.1. The molecule has 1 aromatic carbocycles. The first-order chi connectivity index (χ1) is 26.1. The van der Waals surface area contributed by atoms with Gasteiger partial charge in [0.25, 0.3) is 21.9 Å². The first-order valence-electron chi connectivity index (χ1n) is 18.5. The number of nitrogens with zero attached hydrogens (tertiary/aromatic N) is 1. The second kappa shape index (κ2) is 21.9. The van der Waals surface area contributed by atoms with E-state index in [-0.39, 0.29) is 51.3 Å². The van der Waals surface area contributed by atoms with Gasteiger partial charge in [-0.05, 0) is 70.1 Å². The zero-order chi connectivity index (χ0) is 42.2. The van der Waals surface area contributed by atoms with Crippen molar-refractivity contribution in [3.05, 3.63) is 42.0 Å². The first kappa shape index (κ1) is 47.2. The highest BCUT2D eigenvalue weighted by Crippen LogP contribution is 2.22. The summed E-state index contributed by atoms with van der Waals surface area (Å²) in [6, 6.07) is 4.59. The monoisotopic (exact) mass is 805 g/mol. The molecule has 310 valence electrons. The third-order valence-electron chi connectivity index (χ3n) is 8.86. The topological polar surface area (TPSA) is 266 Å². The van der Waals surface area contributed by atoms with Crippen LogP contribution in [0.25, 0.3) is 0 Å². The molecule has 2 rings (SSSR count). The molecule has 3 atom stereocenters. The van der Waals surface area contributed by atoms with Gasteiger partial charge in [0.05, 0.1) is 23.1 Å². The van der Waals surface area contributed by atoms with Gasteiger partial charge in [0.2, 0.25) is 11.8 Å². The molecule has 0 unspecified atom stereocenters. The average molecular weight is 806 g/mol. The molecule has 0 fully saturated rings. The van der Waals surface area contributed by atoms with Crippen molar-refractivity contribution in [1.29, 1.82) is 0 Å². The van der Waals surface area contributed by atoms with Crippen molar-refractivity contribution >= 4 is 63.0 Å². The molecule has 0 radical (unpaired) electrons. The summed E-state index contributed by atoms with van der Waals surface area (Å²) in [6.07, 6.45) is 3.08. The molecule has 0 bridgehead atoms. The minimum Gasteiger partial charge on any atom is -0.460 e. The Morgan fingerprint density at radius 2 is 1.50 bits per heavy atom. The Kier molecular flexibility index (Phi) is 18.5. The second-order valence-electron chi connectivity index (χ2n) is 15.2. The van der Waals surface area contributed by atoms with Crippen LogP contribution in [0.1, 0.15) is 91.5 Å². The smallest absolute Gasteiger partial charge is 0.312 e. The van der Waals surface area contributed by atoms with Crippen molar-refractivity contribution in [2.75, 3.05) is 24.2 Å². The van der Waals surface area contributed by atoms with Crippen molar-refractivity contribution in [2.45, 2.75) is 98.6 Å². The predicted molar refractivity (Wildman–Crippen MR) is 205 cm³/mol. The summed E-state index contributed by atoms with van der Waals surface area (Å²) in [4.78, 5) is 101. The fourth-order valence-corrected chi connectivity index (χ4v) is 6.50. The molecule has 0 saturated heterocycles. The number of nitrogens with two attached hydrogens (primary N) is 1. The van der Waals surface area contributed by atoms with Crippen molar-refractivity contribution < 1.29 is 56.1 Å². The summed E-state index contributed by atoms with van der Waals surface area (Å²) in [5, 5.41) is 7.73. The number of Topliss-reactive ketones (excluding diaryl/α,β-unsaturated/α-hetero) is 2. The quantitative estimate of drug-likeness (QED) is 0.0437. The number of esters is 1. The van der Waals surface area contributed by atoms with Gasteiger partial charge in [-0.15, -0.1) is 0 Å². The Bertz CT molecular complexity index is 1720. The van der Waals surface area contributed by atoms with E-state index in [1.807, 2.05) is 0 Å². The van der Waals surface area contributed by atoms with Crippen molar-refractivity contribution in [1.82, 2.24) is 15.5 Å². The van der Waals surface area contributed by atoms with Gasteiger partial charge in [-0.3, -0.25) is 43.0 Å². The van der Waals surface area contributed by atoms with Gasteiger partial charge in [0.15, 0.2) is 5.78 Å². The number of ether oxygens (including phenoxy) is 1. The molecule has 1 aliphatic rings. The Hall–Kier alpha value is -4.97. The molecule has 1 heterocycles. The number of urea groups is 1. The summed E-state index contributed by atoms with van der Waals surface area (Å²) in [5.41, 5.74) is 5.55. The minimum absolute atomic E-state index is 0.0290. The van der Waals surface area contributed by atoms with E-state index in [4.69, 9.17) is 10.5 Å². The summed E-state index contributed by atoms with van der Waals surface area (Å²) >= 11 is 0. The highest BCUT2D eigenvalue weighted by atomic mass is 32.2. The molecular weight excluding hydrogens is 751 g/mol. The lowest BCUT2D eigenvalue weighted by Gasteiger charge is -2.26. The highest BCUT2D eigenvalue weighted by molar-refractivity contribution is 7.85. The number of imide groups is 1. The van der Waals surface area contributed by atoms with Crippen LogP contribution in [0.4, 0.5) is 10.5 Å². The third-order valence-corrected chi connectivity index (χ3v) is 9.68. The Labute approximate surface area is 327 Å². The van der Waals surface area contributed by atoms with Gasteiger partial charge < -0.3 is 26.4 Å². The summed E-state index contributed by atoms with van der Waals surface area (Å²) in [6.45, 7) is 8.81. The standard InChI is InChI=1S/C38H55N5O12S/c1-24(2)33(42-35(49)27(23-56(52,53)54)20-29(44)11-7-6-8-19-43-31(46)16-17-32(43)47)30(45)21-26(10-9-18-40-37(39)51)34(48)41-28-14-12-25(13-15-28)22-55-36(50)38(3,4)5/h12-17,24,26-27,33H,6-11,18-23H2,1-5H3,(H,41,48)(H,42,49)(H3,39,40,51)(H,52,53,54)/t26-,27+,33+/m0/s1. The largest absolute Gasteiger partial charge is 0.460 e. The summed E-state index contributed by atoms with van der Waals surface area (Å²) in [5.74, 6) is -7.73. The number of amides is 6. The van der Waals surface area contributed by atoms with E-state index in [0.717, 1.165) is 4.90 Å². The summed E-state index contributed by atoms with van der Waals surface area (Å²) < 4.78 is 38.6. The molecule has 1 aromatic rings. The number of unbranched alkanes of at least 4 members (excludes halogenated alkanes) is 2. The SMILES string of the molecule is CC(C)[C@@H](NC(=O)[C@H](CC(=O)CCCCCN1C(=O)C=CC1=O)CS(=O)(=O)O)C(=O)C[C@H](CCCNC(N)=O)C(=O)Nc1ccc(COC(=O)C(C)(C)C)cc1. The fourth-order valence-electron chi connectivity index (χ4n) is 5.72. The van der Waals surface area contributed by atoms with Crippen LogP contribution in [-0.4, -0.2) is 90.0 Å². The number of nitrogens with one attached hydrogen (secondary N) is 3. The van der Waals surface area contributed by atoms with E-state index >= 15 is 0 Å². The number of hydrogen-bond donors (Lipinski definition) is 5. The van der Waals surface area contributed by atoms with Crippen molar-refractivity contribution in [3.63, 3.8) is 0 Å². The molecule has 6 amide bonds. The minimum atomic E-state index is -4.72.